The summed E-state index contributed by atoms with van der Waals surface area (Å²) in [6.07, 6.45) is 0.531. The lowest BCUT2D eigenvalue weighted by molar-refractivity contribution is -0.120. The Morgan fingerprint density at radius 1 is 1.78 bits per heavy atom. The zero-order valence-electron chi connectivity index (χ0n) is 5.78. The molecular weight excluding hydrogens is 138 g/mol. The van der Waals surface area contributed by atoms with Crippen molar-refractivity contribution in [2.45, 2.75) is 25.6 Å². The van der Waals surface area contributed by atoms with Gasteiger partial charge in [-0.3, -0.25) is 4.79 Å². The van der Waals surface area contributed by atoms with Crippen LogP contribution in [-0.4, -0.2) is 17.8 Å². The van der Waals surface area contributed by atoms with E-state index >= 15 is 0 Å². The van der Waals surface area contributed by atoms with E-state index in [9.17, 15) is 4.79 Å². The number of halogens is 1. The maximum absolute atomic E-state index is 10.5. The van der Waals surface area contributed by atoms with Gasteiger partial charge in [-0.2, -0.15) is 0 Å². The first-order chi connectivity index (χ1) is 4.16. The van der Waals surface area contributed by atoms with Crippen LogP contribution in [0.15, 0.2) is 0 Å². The van der Waals surface area contributed by atoms with Gasteiger partial charge in [-0.1, -0.05) is 6.92 Å². The lowest BCUT2D eigenvalue weighted by Crippen LogP contribution is -2.27. The standard InChI is InChI=1S/C6H12ClNO/c1-3-6(9)8-4-5(2)7/h5H,3-4H2,1-2H3,(H,8,9). The molecule has 0 aromatic heterocycles. The summed E-state index contributed by atoms with van der Waals surface area (Å²) in [7, 11) is 0. The summed E-state index contributed by atoms with van der Waals surface area (Å²) in [5.41, 5.74) is 0. The largest absolute Gasteiger partial charge is 0.355 e. The van der Waals surface area contributed by atoms with Gasteiger partial charge in [-0.05, 0) is 6.92 Å². The molecule has 2 nitrogen and oxygen atoms in total. The topological polar surface area (TPSA) is 29.1 Å². The van der Waals surface area contributed by atoms with Crippen molar-refractivity contribution in [1.82, 2.24) is 5.32 Å². The summed E-state index contributed by atoms with van der Waals surface area (Å²) in [5, 5.41) is 2.69. The summed E-state index contributed by atoms with van der Waals surface area (Å²) in [5.74, 6) is 0.0579. The van der Waals surface area contributed by atoms with Gasteiger partial charge in [0.25, 0.3) is 0 Å². The van der Waals surface area contributed by atoms with Crippen LogP contribution in [0.4, 0.5) is 0 Å². The highest BCUT2D eigenvalue weighted by atomic mass is 35.5. The van der Waals surface area contributed by atoms with E-state index in [1.807, 2.05) is 13.8 Å². The van der Waals surface area contributed by atoms with E-state index < -0.39 is 0 Å². The average molecular weight is 150 g/mol. The zero-order valence-corrected chi connectivity index (χ0v) is 6.53. The fourth-order valence-corrected chi connectivity index (χ4v) is 0.457. The van der Waals surface area contributed by atoms with Crippen LogP contribution in [0.25, 0.3) is 0 Å². The monoisotopic (exact) mass is 149 g/mol. The van der Waals surface area contributed by atoms with Crippen LogP contribution in [-0.2, 0) is 4.79 Å². The molecule has 0 heterocycles. The number of amides is 1. The van der Waals surface area contributed by atoms with Crippen LogP contribution >= 0.6 is 11.6 Å². The van der Waals surface area contributed by atoms with Gasteiger partial charge < -0.3 is 5.32 Å². The molecule has 1 N–H and O–H groups in total. The van der Waals surface area contributed by atoms with E-state index in [0.717, 1.165) is 0 Å². The second kappa shape index (κ2) is 4.62. The summed E-state index contributed by atoms with van der Waals surface area (Å²) in [6.45, 7) is 4.22. The van der Waals surface area contributed by atoms with Crippen LogP contribution in [0, 0.1) is 0 Å². The number of rotatable bonds is 3. The van der Waals surface area contributed by atoms with E-state index in [1.165, 1.54) is 0 Å². The molecule has 0 aliphatic heterocycles. The molecule has 0 radical (unpaired) electrons. The highest BCUT2D eigenvalue weighted by Crippen LogP contribution is 1.89. The van der Waals surface area contributed by atoms with Crippen molar-refractivity contribution in [2.24, 2.45) is 0 Å². The normalized spacial score (nSPS) is 12.8. The number of hydrogen-bond donors (Lipinski definition) is 1. The molecule has 1 unspecified atom stereocenters. The molecule has 54 valence electrons. The Morgan fingerprint density at radius 3 is 2.67 bits per heavy atom. The summed E-state index contributed by atoms with van der Waals surface area (Å²) in [6, 6.07) is 0. The number of carbonyl (C=O) groups excluding carboxylic acids is 1. The average Bonchev–Trinajstić information content (AvgIpc) is 1.83. The molecule has 0 fully saturated rings. The zero-order chi connectivity index (χ0) is 7.28. The highest BCUT2D eigenvalue weighted by molar-refractivity contribution is 6.20. The summed E-state index contributed by atoms with van der Waals surface area (Å²) < 4.78 is 0. The van der Waals surface area contributed by atoms with Crippen molar-refractivity contribution >= 4 is 17.5 Å². The van der Waals surface area contributed by atoms with E-state index in [0.29, 0.717) is 13.0 Å². The first-order valence-electron chi connectivity index (χ1n) is 3.07. The minimum absolute atomic E-state index is 0.0282. The molecule has 0 bridgehead atoms. The van der Waals surface area contributed by atoms with Crippen LogP contribution in [0.2, 0.25) is 0 Å². The maximum atomic E-state index is 10.5. The van der Waals surface area contributed by atoms with Gasteiger partial charge in [-0.25, -0.2) is 0 Å². The smallest absolute Gasteiger partial charge is 0.219 e. The quantitative estimate of drug-likeness (QED) is 0.600. The van der Waals surface area contributed by atoms with Gasteiger partial charge in [0.05, 0.1) is 0 Å². The first-order valence-corrected chi connectivity index (χ1v) is 3.51. The van der Waals surface area contributed by atoms with Crippen LogP contribution in [0.5, 0.6) is 0 Å². The summed E-state index contributed by atoms with van der Waals surface area (Å²) >= 11 is 5.56. The third kappa shape index (κ3) is 5.63. The molecule has 0 saturated carbocycles. The number of alkyl halides is 1. The minimum Gasteiger partial charge on any atom is -0.355 e. The molecule has 0 aliphatic rings. The molecule has 3 heteroatoms. The SMILES string of the molecule is CCC(=O)NCC(C)Cl. The molecule has 0 saturated heterocycles. The van der Waals surface area contributed by atoms with E-state index in [2.05, 4.69) is 5.32 Å². The van der Waals surface area contributed by atoms with Gasteiger partial charge in [0.2, 0.25) is 5.91 Å². The Labute approximate surface area is 60.6 Å². The molecular formula is C6H12ClNO. The number of hydrogen-bond acceptors (Lipinski definition) is 1. The lowest BCUT2D eigenvalue weighted by atomic mass is 10.4. The molecule has 0 aromatic rings. The second-order valence-electron chi connectivity index (χ2n) is 1.94. The maximum Gasteiger partial charge on any atom is 0.219 e. The van der Waals surface area contributed by atoms with E-state index in [-0.39, 0.29) is 11.3 Å². The molecule has 9 heavy (non-hydrogen) atoms. The number of carbonyl (C=O) groups is 1. The third-order valence-corrected chi connectivity index (χ3v) is 1.06. The fraction of sp³-hybridized carbons (Fsp3) is 0.833. The Bertz CT molecular complexity index is 93.1. The van der Waals surface area contributed by atoms with Crippen molar-refractivity contribution < 1.29 is 4.79 Å². The fourth-order valence-electron chi connectivity index (χ4n) is 0.379. The van der Waals surface area contributed by atoms with Gasteiger partial charge in [-0.15, -0.1) is 11.6 Å². The molecule has 0 aliphatic carbocycles. The molecule has 1 amide bonds. The predicted octanol–water partition coefficient (Wildman–Crippen LogP) is 1.14. The van der Waals surface area contributed by atoms with Crippen molar-refractivity contribution in [3.63, 3.8) is 0 Å². The van der Waals surface area contributed by atoms with Crippen molar-refractivity contribution in [3.8, 4) is 0 Å². The summed E-state index contributed by atoms with van der Waals surface area (Å²) in [4.78, 5) is 10.5. The van der Waals surface area contributed by atoms with Crippen molar-refractivity contribution in [2.75, 3.05) is 6.54 Å². The second-order valence-corrected chi connectivity index (χ2v) is 2.68. The molecule has 0 spiro atoms. The van der Waals surface area contributed by atoms with Crippen molar-refractivity contribution in [3.05, 3.63) is 0 Å². The van der Waals surface area contributed by atoms with Crippen LogP contribution in [0.3, 0.4) is 0 Å². The molecule has 0 aromatic carbocycles. The molecule has 1 atom stereocenters. The Balaban J connectivity index is 3.17. The first kappa shape index (κ1) is 8.76. The van der Waals surface area contributed by atoms with Crippen LogP contribution in [0.1, 0.15) is 20.3 Å². The number of nitrogens with one attached hydrogen (secondary N) is 1. The van der Waals surface area contributed by atoms with Gasteiger partial charge in [0.15, 0.2) is 0 Å². The minimum atomic E-state index is 0.0282. The lowest BCUT2D eigenvalue weighted by Gasteiger charge is -2.02. The Morgan fingerprint density at radius 2 is 2.33 bits per heavy atom. The van der Waals surface area contributed by atoms with Crippen LogP contribution < -0.4 is 5.32 Å². The predicted molar refractivity (Wildman–Crippen MR) is 38.6 cm³/mol. The van der Waals surface area contributed by atoms with E-state index in [1.54, 1.807) is 0 Å². The Hall–Kier alpha value is -0.240. The van der Waals surface area contributed by atoms with Gasteiger partial charge in [0, 0.05) is 18.3 Å². The Kier molecular flexibility index (Phi) is 4.50. The van der Waals surface area contributed by atoms with Gasteiger partial charge >= 0.3 is 0 Å². The molecule has 0 rings (SSSR count). The van der Waals surface area contributed by atoms with E-state index in [4.69, 9.17) is 11.6 Å². The van der Waals surface area contributed by atoms with Gasteiger partial charge in [0.1, 0.15) is 0 Å². The highest BCUT2D eigenvalue weighted by Gasteiger charge is 1.97. The van der Waals surface area contributed by atoms with Crippen molar-refractivity contribution in [1.29, 1.82) is 0 Å². The third-order valence-electron chi connectivity index (χ3n) is 0.902.